The number of nitrogens with zero attached hydrogens (tertiary/aromatic N) is 1. The first-order chi connectivity index (χ1) is 6.86. The van der Waals surface area contributed by atoms with E-state index in [1.807, 2.05) is 0 Å². The van der Waals surface area contributed by atoms with Gasteiger partial charge in [-0.15, -0.1) is 11.3 Å². The number of thiazole rings is 1. The monoisotopic (exact) mass is 211 g/mol. The Morgan fingerprint density at radius 3 is 3.29 bits per heavy atom. The van der Waals surface area contributed by atoms with Gasteiger partial charge in [0.15, 0.2) is 5.78 Å². The summed E-state index contributed by atoms with van der Waals surface area (Å²) in [6.07, 6.45) is 5.65. The molecule has 1 aromatic heterocycles. The number of Topliss-reactive ketones (excluding diaryl/α,β-unsaturated/α-hetero) is 1. The normalized spacial score (nSPS) is 21.3. The number of ketones is 1. The highest BCUT2D eigenvalue weighted by atomic mass is 32.1. The van der Waals surface area contributed by atoms with Crippen LogP contribution in [0.5, 0.6) is 0 Å². The van der Waals surface area contributed by atoms with Gasteiger partial charge in [0.25, 0.3) is 0 Å². The van der Waals surface area contributed by atoms with Crippen molar-refractivity contribution < 1.29 is 9.53 Å². The highest BCUT2D eigenvalue weighted by Crippen LogP contribution is 2.19. The predicted molar refractivity (Wildman–Crippen MR) is 54.7 cm³/mol. The summed E-state index contributed by atoms with van der Waals surface area (Å²) in [5, 5.41) is 0. The van der Waals surface area contributed by atoms with E-state index in [9.17, 15) is 4.79 Å². The van der Waals surface area contributed by atoms with Gasteiger partial charge in [-0.25, -0.2) is 0 Å². The van der Waals surface area contributed by atoms with Gasteiger partial charge in [-0.1, -0.05) is 0 Å². The van der Waals surface area contributed by atoms with Gasteiger partial charge in [0.1, 0.15) is 0 Å². The number of hydrogen-bond acceptors (Lipinski definition) is 4. The second-order valence-corrected chi connectivity index (χ2v) is 4.35. The molecule has 1 aliphatic rings. The van der Waals surface area contributed by atoms with Gasteiger partial charge < -0.3 is 4.74 Å². The van der Waals surface area contributed by atoms with Gasteiger partial charge in [-0.3, -0.25) is 9.78 Å². The summed E-state index contributed by atoms with van der Waals surface area (Å²) < 4.78 is 5.46. The van der Waals surface area contributed by atoms with Crippen molar-refractivity contribution in [1.82, 2.24) is 4.98 Å². The lowest BCUT2D eigenvalue weighted by molar-refractivity contribution is 0.0862. The Kier molecular flexibility index (Phi) is 3.26. The van der Waals surface area contributed by atoms with Crippen molar-refractivity contribution in [3.05, 3.63) is 16.6 Å². The summed E-state index contributed by atoms with van der Waals surface area (Å²) in [4.78, 5) is 16.2. The van der Waals surface area contributed by atoms with Gasteiger partial charge in [0, 0.05) is 19.2 Å². The SMILES string of the molecule is O=C(CCC1CCCO1)c1cncs1. The minimum atomic E-state index is 0.197. The molecule has 1 aromatic rings. The number of ether oxygens (including phenoxy) is 1. The fourth-order valence-corrected chi connectivity index (χ4v) is 2.23. The van der Waals surface area contributed by atoms with E-state index in [-0.39, 0.29) is 5.78 Å². The van der Waals surface area contributed by atoms with Crippen LogP contribution in [0, 0.1) is 0 Å². The van der Waals surface area contributed by atoms with Crippen LogP contribution in [0.1, 0.15) is 35.4 Å². The number of carbonyl (C=O) groups is 1. The Bertz CT molecular complexity index is 291. The maximum absolute atomic E-state index is 11.6. The highest BCUT2D eigenvalue weighted by Gasteiger charge is 2.17. The summed E-state index contributed by atoms with van der Waals surface area (Å²) in [7, 11) is 0. The number of carbonyl (C=O) groups excluding carboxylic acids is 1. The Labute approximate surface area is 87.1 Å². The zero-order valence-corrected chi connectivity index (χ0v) is 8.76. The Hall–Kier alpha value is -0.740. The maximum Gasteiger partial charge on any atom is 0.174 e. The fourth-order valence-electron chi connectivity index (χ4n) is 1.64. The quantitative estimate of drug-likeness (QED) is 0.717. The number of hydrogen-bond donors (Lipinski definition) is 0. The second kappa shape index (κ2) is 4.66. The van der Waals surface area contributed by atoms with Crippen LogP contribution in [-0.2, 0) is 4.74 Å². The smallest absolute Gasteiger partial charge is 0.174 e. The topological polar surface area (TPSA) is 39.2 Å². The lowest BCUT2D eigenvalue weighted by Crippen LogP contribution is -2.08. The van der Waals surface area contributed by atoms with E-state index in [1.165, 1.54) is 11.3 Å². The zero-order valence-electron chi connectivity index (χ0n) is 7.94. The number of rotatable bonds is 4. The van der Waals surface area contributed by atoms with E-state index < -0.39 is 0 Å². The molecule has 0 saturated carbocycles. The molecule has 0 aliphatic carbocycles. The molecule has 2 heterocycles. The third kappa shape index (κ3) is 2.39. The van der Waals surface area contributed by atoms with Crippen LogP contribution in [-0.4, -0.2) is 23.5 Å². The van der Waals surface area contributed by atoms with Crippen LogP contribution in [0.15, 0.2) is 11.7 Å². The molecule has 1 unspecified atom stereocenters. The van der Waals surface area contributed by atoms with Gasteiger partial charge in [-0.05, 0) is 19.3 Å². The highest BCUT2D eigenvalue weighted by molar-refractivity contribution is 7.11. The first-order valence-corrected chi connectivity index (χ1v) is 5.77. The molecule has 4 heteroatoms. The van der Waals surface area contributed by atoms with Gasteiger partial charge in [0.2, 0.25) is 0 Å². The van der Waals surface area contributed by atoms with E-state index in [2.05, 4.69) is 4.98 Å². The zero-order chi connectivity index (χ0) is 9.80. The molecule has 1 fully saturated rings. The summed E-state index contributed by atoms with van der Waals surface area (Å²) in [5.41, 5.74) is 1.69. The third-order valence-corrected chi connectivity index (χ3v) is 3.24. The van der Waals surface area contributed by atoms with E-state index in [0.717, 1.165) is 30.7 Å². The van der Waals surface area contributed by atoms with Gasteiger partial charge in [-0.2, -0.15) is 0 Å². The number of aromatic nitrogens is 1. The van der Waals surface area contributed by atoms with Gasteiger partial charge in [0.05, 0.1) is 16.5 Å². The molecule has 76 valence electrons. The van der Waals surface area contributed by atoms with Crippen LogP contribution in [0.4, 0.5) is 0 Å². The lowest BCUT2D eigenvalue weighted by Gasteiger charge is -2.06. The summed E-state index contributed by atoms with van der Waals surface area (Å²) in [6, 6.07) is 0. The lowest BCUT2D eigenvalue weighted by atomic mass is 10.1. The molecule has 0 bridgehead atoms. The summed E-state index contributed by atoms with van der Waals surface area (Å²) >= 11 is 1.41. The van der Waals surface area contributed by atoms with Crippen LogP contribution in [0.3, 0.4) is 0 Å². The van der Waals surface area contributed by atoms with Crippen molar-refractivity contribution in [2.45, 2.75) is 31.8 Å². The maximum atomic E-state index is 11.6. The second-order valence-electron chi connectivity index (χ2n) is 3.46. The van der Waals surface area contributed by atoms with Crippen molar-refractivity contribution in [3.8, 4) is 0 Å². The standard InChI is InChI=1S/C10H13NO2S/c12-9(10-6-11-7-14-10)4-3-8-2-1-5-13-8/h6-8H,1-5H2. The van der Waals surface area contributed by atoms with Crippen LogP contribution >= 0.6 is 11.3 Å². The average Bonchev–Trinajstić information content (AvgIpc) is 2.87. The molecule has 1 aliphatic heterocycles. The minimum Gasteiger partial charge on any atom is -0.378 e. The van der Waals surface area contributed by atoms with Crippen LogP contribution in [0.25, 0.3) is 0 Å². The molecule has 0 radical (unpaired) electrons. The van der Waals surface area contributed by atoms with Crippen LogP contribution < -0.4 is 0 Å². The molecule has 1 atom stereocenters. The molecule has 1 saturated heterocycles. The fraction of sp³-hybridized carbons (Fsp3) is 0.600. The molecule has 0 aromatic carbocycles. The first kappa shape index (κ1) is 9.80. The first-order valence-electron chi connectivity index (χ1n) is 4.89. The van der Waals surface area contributed by atoms with Crippen molar-refractivity contribution in [3.63, 3.8) is 0 Å². The van der Waals surface area contributed by atoms with E-state index >= 15 is 0 Å². The molecule has 2 rings (SSSR count). The molecule has 0 N–H and O–H groups in total. The summed E-state index contributed by atoms with van der Waals surface area (Å²) in [6.45, 7) is 0.861. The van der Waals surface area contributed by atoms with Crippen LogP contribution in [0.2, 0.25) is 0 Å². The third-order valence-electron chi connectivity index (χ3n) is 2.42. The van der Waals surface area contributed by atoms with Crippen molar-refractivity contribution in [2.75, 3.05) is 6.61 Å². The Morgan fingerprint density at radius 1 is 1.71 bits per heavy atom. The molecular formula is C10H13NO2S. The van der Waals surface area contributed by atoms with Crippen molar-refractivity contribution in [2.24, 2.45) is 0 Å². The Balaban J connectivity index is 1.78. The van der Waals surface area contributed by atoms with Gasteiger partial charge >= 0.3 is 0 Å². The predicted octanol–water partition coefficient (Wildman–Crippen LogP) is 2.29. The summed E-state index contributed by atoms with van der Waals surface area (Å²) in [5.74, 6) is 0.197. The molecule has 3 nitrogen and oxygen atoms in total. The average molecular weight is 211 g/mol. The molecule has 0 spiro atoms. The van der Waals surface area contributed by atoms with E-state index in [0.29, 0.717) is 12.5 Å². The molecule has 14 heavy (non-hydrogen) atoms. The van der Waals surface area contributed by atoms with E-state index in [4.69, 9.17) is 4.74 Å². The van der Waals surface area contributed by atoms with Crippen molar-refractivity contribution in [1.29, 1.82) is 0 Å². The van der Waals surface area contributed by atoms with E-state index in [1.54, 1.807) is 11.7 Å². The Morgan fingerprint density at radius 2 is 2.64 bits per heavy atom. The minimum absolute atomic E-state index is 0.197. The molecular weight excluding hydrogens is 198 g/mol. The molecule has 0 amide bonds. The largest absolute Gasteiger partial charge is 0.378 e. The van der Waals surface area contributed by atoms with Crippen molar-refractivity contribution >= 4 is 17.1 Å².